The van der Waals surface area contributed by atoms with Gasteiger partial charge in [0, 0.05) is 48.1 Å². The van der Waals surface area contributed by atoms with Crippen molar-refractivity contribution in [3.63, 3.8) is 0 Å². The van der Waals surface area contributed by atoms with Gasteiger partial charge in [-0.3, -0.25) is 4.79 Å². The number of carboxylic acids is 1. The molecule has 4 rings (SSSR count). The third kappa shape index (κ3) is 3.69. The van der Waals surface area contributed by atoms with Crippen LogP contribution in [0.2, 0.25) is 0 Å². The van der Waals surface area contributed by atoms with Crippen LogP contribution < -0.4 is 10.00 Å². The molecule has 0 spiro atoms. The zero-order chi connectivity index (χ0) is 22.6. The topological polar surface area (TPSA) is 119 Å². The number of rotatable bonds is 7. The molecular weight excluding hydrogens is 420 g/mol. The Balaban J connectivity index is 1.45. The number of fused-ring (bicyclic) bond motifs is 1. The van der Waals surface area contributed by atoms with Crippen molar-refractivity contribution in [2.45, 2.75) is 63.3 Å². The Kier molecular flexibility index (Phi) is 5.93. The highest BCUT2D eigenvalue weighted by atomic mass is 32.2. The van der Waals surface area contributed by atoms with Crippen LogP contribution in [0, 0.1) is 11.8 Å². The molecule has 2 saturated heterocycles. The average Bonchev–Trinajstić information content (AvgIpc) is 3.33. The molecule has 0 saturated carbocycles. The minimum absolute atomic E-state index is 0.0910. The fraction of sp³-hybridized carbons (Fsp3) is 0.667. The highest BCUT2D eigenvalue weighted by molar-refractivity contribution is 8.03. The monoisotopic (exact) mass is 451 g/mol. The van der Waals surface area contributed by atoms with Crippen LogP contribution in [0.25, 0.3) is 0 Å². The van der Waals surface area contributed by atoms with Gasteiger partial charge in [0.1, 0.15) is 5.70 Å². The van der Waals surface area contributed by atoms with Crippen LogP contribution in [-0.4, -0.2) is 66.8 Å². The third-order valence-electron chi connectivity index (χ3n) is 6.81. The number of hydrogen-bond acceptors (Lipinski definition) is 6. The number of aliphatic carboxylic acids is 1. The molecular formula is C21H31N4O5S+. The molecule has 0 aromatic carbocycles. The maximum atomic E-state index is 12.5. The first kappa shape index (κ1) is 22.3. The summed E-state index contributed by atoms with van der Waals surface area (Å²) in [6, 6.07) is 1.99. The van der Waals surface area contributed by atoms with E-state index in [4.69, 9.17) is 0 Å². The van der Waals surface area contributed by atoms with Gasteiger partial charge in [0.05, 0.1) is 30.8 Å². The van der Waals surface area contributed by atoms with E-state index in [0.717, 1.165) is 30.0 Å². The highest BCUT2D eigenvalue weighted by Crippen LogP contribution is 2.51. The van der Waals surface area contributed by atoms with E-state index in [0.29, 0.717) is 0 Å². The molecule has 5 unspecified atom stereocenters. The lowest BCUT2D eigenvalue weighted by Crippen LogP contribution is -2.63. The Morgan fingerprint density at radius 1 is 1.39 bits per heavy atom. The number of carboxylic acid groups (broad SMARTS) is 1. The smallest absolute Gasteiger partial charge is 0.353 e. The van der Waals surface area contributed by atoms with Gasteiger partial charge in [-0.05, 0) is 13.3 Å². The Hall–Kier alpha value is -1.88. The molecule has 9 nitrogen and oxygen atoms in total. The van der Waals surface area contributed by atoms with Crippen LogP contribution in [0.3, 0.4) is 0 Å². The normalized spacial score (nSPS) is 32.3. The summed E-state index contributed by atoms with van der Waals surface area (Å²) < 4.78 is 3.71. The van der Waals surface area contributed by atoms with E-state index in [2.05, 4.69) is 5.32 Å². The van der Waals surface area contributed by atoms with Crippen molar-refractivity contribution in [3.8, 4) is 0 Å². The van der Waals surface area contributed by atoms with Gasteiger partial charge in [-0.1, -0.05) is 11.6 Å². The SMILES string of the molecule is CC(O)[C@H]1C(=O)N2C(C(=O)O)=C(SC3CNC(Cc4cc[n+](C(C)O)n4C)C3)C(C)[C@@H]12. The lowest BCUT2D eigenvalue weighted by molar-refractivity contribution is -0.823. The summed E-state index contributed by atoms with van der Waals surface area (Å²) in [4.78, 5) is 26.6. The van der Waals surface area contributed by atoms with Gasteiger partial charge >= 0.3 is 5.97 Å². The van der Waals surface area contributed by atoms with Crippen LogP contribution in [0.15, 0.2) is 22.9 Å². The fourth-order valence-corrected chi connectivity index (χ4v) is 6.75. The zero-order valence-corrected chi connectivity index (χ0v) is 19.0. The number of aliphatic hydroxyl groups is 2. The second-order valence-electron chi connectivity index (χ2n) is 8.90. The lowest BCUT2D eigenvalue weighted by atomic mass is 9.79. The average molecular weight is 452 g/mol. The summed E-state index contributed by atoms with van der Waals surface area (Å²) in [5, 5.41) is 33.3. The van der Waals surface area contributed by atoms with Gasteiger partial charge in [-0.2, -0.15) is 4.68 Å². The first-order valence-electron chi connectivity index (χ1n) is 10.7. The van der Waals surface area contributed by atoms with Gasteiger partial charge in [-0.25, -0.2) is 4.79 Å². The van der Waals surface area contributed by atoms with Crippen LogP contribution in [-0.2, 0) is 23.1 Å². The first-order chi connectivity index (χ1) is 14.6. The largest absolute Gasteiger partial charge is 0.477 e. The fourth-order valence-electron chi connectivity index (χ4n) is 5.23. The van der Waals surface area contributed by atoms with Crippen molar-refractivity contribution in [2.24, 2.45) is 18.9 Å². The zero-order valence-electron chi connectivity index (χ0n) is 18.2. The van der Waals surface area contributed by atoms with Gasteiger partial charge in [0.15, 0.2) is 6.20 Å². The van der Waals surface area contributed by atoms with E-state index in [1.807, 2.05) is 30.9 Å². The predicted octanol–water partition coefficient (Wildman–Crippen LogP) is -0.0167. The molecule has 0 bridgehead atoms. The van der Waals surface area contributed by atoms with Crippen LogP contribution in [0.1, 0.15) is 39.1 Å². The Bertz CT molecular complexity index is 927. The molecule has 10 heteroatoms. The maximum Gasteiger partial charge on any atom is 0.353 e. The Morgan fingerprint density at radius 2 is 2.10 bits per heavy atom. The van der Waals surface area contributed by atoms with Crippen molar-refractivity contribution in [3.05, 3.63) is 28.6 Å². The van der Waals surface area contributed by atoms with E-state index in [-0.39, 0.29) is 34.9 Å². The molecule has 3 aliphatic rings. The molecule has 1 aromatic heterocycles. The Labute approximate surface area is 185 Å². The summed E-state index contributed by atoms with van der Waals surface area (Å²) in [7, 11) is 1.92. The highest BCUT2D eigenvalue weighted by Gasteiger charge is 2.60. The van der Waals surface area contributed by atoms with Gasteiger partial charge in [0.2, 0.25) is 5.91 Å². The molecule has 4 N–H and O–H groups in total. The number of nitrogens with zero attached hydrogens (tertiary/aromatic N) is 3. The molecule has 0 aliphatic carbocycles. The number of carbonyl (C=O) groups is 2. The summed E-state index contributed by atoms with van der Waals surface area (Å²) in [6.45, 7) is 6.03. The molecule has 1 amide bonds. The van der Waals surface area contributed by atoms with E-state index < -0.39 is 24.2 Å². The second kappa shape index (κ2) is 8.23. The molecule has 3 aliphatic heterocycles. The van der Waals surface area contributed by atoms with E-state index in [1.54, 1.807) is 30.3 Å². The number of β-lactam (4-membered cyclic amide) rings is 1. The number of nitrogens with one attached hydrogen (secondary N) is 1. The van der Waals surface area contributed by atoms with Gasteiger partial charge in [-0.15, -0.1) is 11.8 Å². The first-order valence-corrected chi connectivity index (χ1v) is 11.6. The quantitative estimate of drug-likeness (QED) is 0.340. The van der Waals surface area contributed by atoms with Gasteiger partial charge in [0.25, 0.3) is 6.23 Å². The predicted molar refractivity (Wildman–Crippen MR) is 114 cm³/mol. The molecule has 4 heterocycles. The van der Waals surface area contributed by atoms with Crippen molar-refractivity contribution in [2.75, 3.05) is 6.54 Å². The maximum absolute atomic E-state index is 12.5. The number of thioether (sulfide) groups is 1. The summed E-state index contributed by atoms with van der Waals surface area (Å²) in [6.07, 6.45) is 2.17. The minimum Gasteiger partial charge on any atom is -0.477 e. The standard InChI is InChI=1S/C21H30N4O5S/c1-10-17-16(11(2)26)20(28)25(17)18(21(29)30)19(10)31-15-8-13(22-9-15)7-14-5-6-24(12(3)27)23(14)4/h5-6,10-13,15-17,22,26-27H,7-9H2,1-4H3/p+1/t10?,11?,12?,13?,15?,16-,17+/m1/s1. The van der Waals surface area contributed by atoms with Crippen LogP contribution >= 0.6 is 11.8 Å². The van der Waals surface area contributed by atoms with Crippen molar-refractivity contribution < 1.29 is 29.6 Å². The number of aliphatic hydroxyl groups excluding tert-OH is 2. The van der Waals surface area contributed by atoms with E-state index >= 15 is 0 Å². The summed E-state index contributed by atoms with van der Waals surface area (Å²) in [5.74, 6) is -2.01. The molecule has 170 valence electrons. The van der Waals surface area contributed by atoms with Gasteiger partial charge < -0.3 is 25.5 Å². The van der Waals surface area contributed by atoms with Crippen molar-refractivity contribution in [1.29, 1.82) is 0 Å². The molecule has 31 heavy (non-hydrogen) atoms. The molecule has 7 atom stereocenters. The van der Waals surface area contributed by atoms with Crippen LogP contribution in [0.4, 0.5) is 0 Å². The summed E-state index contributed by atoms with van der Waals surface area (Å²) in [5.41, 5.74) is 1.20. The number of hydrogen-bond donors (Lipinski definition) is 4. The molecule has 1 aromatic rings. The second-order valence-corrected chi connectivity index (χ2v) is 10.2. The van der Waals surface area contributed by atoms with Crippen LogP contribution in [0.5, 0.6) is 0 Å². The van der Waals surface area contributed by atoms with Crippen molar-refractivity contribution >= 4 is 23.6 Å². The molecule has 2 fully saturated rings. The van der Waals surface area contributed by atoms with Crippen molar-refractivity contribution in [1.82, 2.24) is 14.9 Å². The minimum atomic E-state index is -1.08. The molecule has 0 radical (unpaired) electrons. The Morgan fingerprint density at radius 3 is 2.68 bits per heavy atom. The lowest BCUT2D eigenvalue weighted by Gasteiger charge is -2.46. The number of carbonyl (C=O) groups excluding carboxylic acids is 1. The van der Waals surface area contributed by atoms with E-state index in [9.17, 15) is 24.9 Å². The summed E-state index contributed by atoms with van der Waals surface area (Å²) >= 11 is 1.56. The third-order valence-corrected chi connectivity index (χ3v) is 8.32. The number of aromatic nitrogens is 2. The number of amides is 1. The van der Waals surface area contributed by atoms with E-state index in [1.165, 1.54) is 4.90 Å².